The van der Waals surface area contributed by atoms with E-state index in [9.17, 15) is 4.79 Å². The SMILES string of the molecule is CCC(NC(=O)c1csc(CN)n1)c1ccc(Cl)cc1.Cl. The van der Waals surface area contributed by atoms with Crippen molar-refractivity contribution in [3.63, 3.8) is 0 Å². The molecule has 0 saturated carbocycles. The Morgan fingerprint density at radius 2 is 2.10 bits per heavy atom. The van der Waals surface area contributed by atoms with Crippen molar-refractivity contribution in [1.29, 1.82) is 0 Å². The van der Waals surface area contributed by atoms with E-state index in [1.807, 2.05) is 31.2 Å². The molecule has 114 valence electrons. The molecular weight excluding hydrogens is 329 g/mol. The average Bonchev–Trinajstić information content (AvgIpc) is 2.94. The first-order chi connectivity index (χ1) is 9.63. The van der Waals surface area contributed by atoms with Crippen molar-refractivity contribution in [3.8, 4) is 0 Å². The molecule has 7 heteroatoms. The molecule has 0 radical (unpaired) electrons. The topological polar surface area (TPSA) is 68.0 Å². The van der Waals surface area contributed by atoms with Gasteiger partial charge in [0.15, 0.2) is 0 Å². The predicted octanol–water partition coefficient (Wildman–Crippen LogP) is 3.56. The van der Waals surface area contributed by atoms with Gasteiger partial charge in [-0.3, -0.25) is 4.79 Å². The van der Waals surface area contributed by atoms with Gasteiger partial charge in [0.05, 0.1) is 6.04 Å². The molecular formula is C14H17Cl2N3OS. The summed E-state index contributed by atoms with van der Waals surface area (Å²) in [6, 6.07) is 7.43. The van der Waals surface area contributed by atoms with E-state index in [1.165, 1.54) is 11.3 Å². The van der Waals surface area contributed by atoms with Crippen molar-refractivity contribution in [1.82, 2.24) is 10.3 Å². The summed E-state index contributed by atoms with van der Waals surface area (Å²) in [6.45, 7) is 2.37. The van der Waals surface area contributed by atoms with Crippen molar-refractivity contribution in [2.45, 2.75) is 25.9 Å². The van der Waals surface area contributed by atoms with E-state index < -0.39 is 0 Å². The van der Waals surface area contributed by atoms with Crippen molar-refractivity contribution in [2.75, 3.05) is 0 Å². The molecule has 0 aliphatic rings. The number of hydrogen-bond donors (Lipinski definition) is 2. The van der Waals surface area contributed by atoms with Crippen LogP contribution >= 0.6 is 35.3 Å². The Kier molecular flexibility index (Phi) is 7.11. The van der Waals surface area contributed by atoms with E-state index in [0.717, 1.165) is 17.0 Å². The molecule has 1 amide bonds. The fourth-order valence-electron chi connectivity index (χ4n) is 1.86. The van der Waals surface area contributed by atoms with Crippen molar-refractivity contribution in [2.24, 2.45) is 5.73 Å². The van der Waals surface area contributed by atoms with Crippen LogP contribution < -0.4 is 11.1 Å². The number of carbonyl (C=O) groups is 1. The number of hydrogen-bond acceptors (Lipinski definition) is 4. The lowest BCUT2D eigenvalue weighted by molar-refractivity contribution is 0.0931. The van der Waals surface area contributed by atoms with Crippen LogP contribution in [-0.2, 0) is 6.54 Å². The third-order valence-electron chi connectivity index (χ3n) is 2.94. The molecule has 0 spiro atoms. The Labute approximate surface area is 139 Å². The summed E-state index contributed by atoms with van der Waals surface area (Å²) in [5.74, 6) is -0.178. The highest BCUT2D eigenvalue weighted by molar-refractivity contribution is 7.09. The van der Waals surface area contributed by atoms with Crippen LogP contribution in [0.5, 0.6) is 0 Å². The van der Waals surface area contributed by atoms with Gasteiger partial charge in [-0.15, -0.1) is 23.7 Å². The summed E-state index contributed by atoms with van der Waals surface area (Å²) < 4.78 is 0. The second-order valence-corrected chi connectivity index (χ2v) is 5.70. The third kappa shape index (κ3) is 4.68. The van der Waals surface area contributed by atoms with Gasteiger partial charge in [0, 0.05) is 16.9 Å². The van der Waals surface area contributed by atoms with E-state index in [4.69, 9.17) is 17.3 Å². The fraction of sp³-hybridized carbons (Fsp3) is 0.286. The lowest BCUT2D eigenvalue weighted by Crippen LogP contribution is -2.28. The van der Waals surface area contributed by atoms with Gasteiger partial charge >= 0.3 is 0 Å². The Morgan fingerprint density at radius 1 is 1.43 bits per heavy atom. The van der Waals surface area contributed by atoms with Crippen LogP contribution in [0.15, 0.2) is 29.6 Å². The molecule has 21 heavy (non-hydrogen) atoms. The monoisotopic (exact) mass is 345 g/mol. The fourth-order valence-corrected chi connectivity index (χ4v) is 2.64. The summed E-state index contributed by atoms with van der Waals surface area (Å²) in [7, 11) is 0. The summed E-state index contributed by atoms with van der Waals surface area (Å²) in [4.78, 5) is 16.3. The molecule has 1 aromatic heterocycles. The highest BCUT2D eigenvalue weighted by Gasteiger charge is 2.16. The zero-order chi connectivity index (χ0) is 14.5. The van der Waals surface area contributed by atoms with Crippen molar-refractivity contribution >= 4 is 41.3 Å². The molecule has 2 aromatic rings. The highest BCUT2D eigenvalue weighted by atomic mass is 35.5. The standard InChI is InChI=1S/C14H16ClN3OS.ClH/c1-2-11(9-3-5-10(15)6-4-9)18-14(19)12-8-20-13(7-16)17-12;/h3-6,8,11H,2,7,16H2,1H3,(H,18,19);1H. The zero-order valence-corrected chi connectivity index (χ0v) is 13.9. The van der Waals surface area contributed by atoms with Gasteiger partial charge in [0.2, 0.25) is 0 Å². The quantitative estimate of drug-likeness (QED) is 0.870. The van der Waals surface area contributed by atoms with Crippen LogP contribution in [0.4, 0.5) is 0 Å². The van der Waals surface area contributed by atoms with Gasteiger partial charge in [0.25, 0.3) is 5.91 Å². The number of aromatic nitrogens is 1. The van der Waals surface area contributed by atoms with Crippen LogP contribution in [-0.4, -0.2) is 10.9 Å². The maximum Gasteiger partial charge on any atom is 0.271 e. The average molecular weight is 346 g/mol. The first-order valence-electron chi connectivity index (χ1n) is 6.34. The summed E-state index contributed by atoms with van der Waals surface area (Å²) in [5.41, 5.74) is 6.95. The van der Waals surface area contributed by atoms with E-state index in [1.54, 1.807) is 5.38 Å². The van der Waals surface area contributed by atoms with Gasteiger partial charge in [0.1, 0.15) is 10.7 Å². The maximum absolute atomic E-state index is 12.1. The second kappa shape index (κ2) is 8.34. The molecule has 3 N–H and O–H groups in total. The molecule has 1 atom stereocenters. The number of benzene rings is 1. The molecule has 1 unspecified atom stereocenters. The summed E-state index contributed by atoms with van der Waals surface area (Å²) in [5, 5.41) is 6.15. The molecule has 0 saturated heterocycles. The minimum atomic E-state index is -0.178. The predicted molar refractivity (Wildman–Crippen MR) is 89.2 cm³/mol. The van der Waals surface area contributed by atoms with Crippen LogP contribution in [0.25, 0.3) is 0 Å². The number of rotatable bonds is 5. The van der Waals surface area contributed by atoms with E-state index in [-0.39, 0.29) is 24.4 Å². The van der Waals surface area contributed by atoms with Gasteiger partial charge in [-0.1, -0.05) is 30.7 Å². The molecule has 0 fully saturated rings. The summed E-state index contributed by atoms with van der Waals surface area (Å²) in [6.07, 6.45) is 0.793. The number of amides is 1. The van der Waals surface area contributed by atoms with Crippen LogP contribution in [0.1, 0.15) is 40.4 Å². The van der Waals surface area contributed by atoms with Crippen LogP contribution in [0.3, 0.4) is 0 Å². The van der Waals surface area contributed by atoms with Gasteiger partial charge in [-0.25, -0.2) is 4.98 Å². The minimum absolute atomic E-state index is 0. The van der Waals surface area contributed by atoms with Crippen molar-refractivity contribution in [3.05, 3.63) is 50.9 Å². The second-order valence-electron chi connectivity index (χ2n) is 4.32. The largest absolute Gasteiger partial charge is 0.344 e. The third-order valence-corrected chi connectivity index (χ3v) is 4.07. The first kappa shape index (κ1) is 17.9. The smallest absolute Gasteiger partial charge is 0.271 e. The Balaban J connectivity index is 0.00000220. The number of nitrogens with two attached hydrogens (primary N) is 1. The molecule has 0 aliphatic carbocycles. The normalized spacial score (nSPS) is 11.6. The Hall–Kier alpha value is -1.14. The number of halogens is 2. The molecule has 1 heterocycles. The van der Waals surface area contributed by atoms with Crippen molar-refractivity contribution < 1.29 is 4.79 Å². The van der Waals surface area contributed by atoms with E-state index >= 15 is 0 Å². The molecule has 4 nitrogen and oxygen atoms in total. The first-order valence-corrected chi connectivity index (χ1v) is 7.60. The molecule has 0 aliphatic heterocycles. The van der Waals surface area contributed by atoms with Gasteiger partial charge in [-0.05, 0) is 24.1 Å². The van der Waals surface area contributed by atoms with E-state index in [2.05, 4.69) is 10.3 Å². The minimum Gasteiger partial charge on any atom is -0.344 e. The number of thiazole rings is 1. The molecule has 1 aromatic carbocycles. The number of nitrogens with one attached hydrogen (secondary N) is 1. The molecule has 2 rings (SSSR count). The Morgan fingerprint density at radius 3 is 2.62 bits per heavy atom. The number of nitrogens with zero attached hydrogens (tertiary/aromatic N) is 1. The van der Waals surface area contributed by atoms with Crippen LogP contribution in [0, 0.1) is 0 Å². The maximum atomic E-state index is 12.1. The Bertz CT molecular complexity index is 586. The molecule has 0 bridgehead atoms. The van der Waals surface area contributed by atoms with Crippen LogP contribution in [0.2, 0.25) is 5.02 Å². The lowest BCUT2D eigenvalue weighted by atomic mass is 10.0. The summed E-state index contributed by atoms with van der Waals surface area (Å²) >= 11 is 7.27. The van der Waals surface area contributed by atoms with Gasteiger partial charge in [-0.2, -0.15) is 0 Å². The number of carbonyl (C=O) groups excluding carboxylic acids is 1. The zero-order valence-electron chi connectivity index (χ0n) is 11.5. The highest BCUT2D eigenvalue weighted by Crippen LogP contribution is 2.20. The lowest BCUT2D eigenvalue weighted by Gasteiger charge is -2.16. The van der Waals surface area contributed by atoms with Gasteiger partial charge < -0.3 is 11.1 Å². The van der Waals surface area contributed by atoms with E-state index in [0.29, 0.717) is 17.3 Å².